The van der Waals surface area contributed by atoms with Crippen molar-refractivity contribution >= 4 is 25.8 Å². The van der Waals surface area contributed by atoms with Gasteiger partial charge in [-0.3, -0.25) is 4.79 Å². The molecule has 6 nitrogen and oxygen atoms in total. The summed E-state index contributed by atoms with van der Waals surface area (Å²) in [5.74, 6) is 3.75. The molecule has 4 atom stereocenters. The van der Waals surface area contributed by atoms with Crippen molar-refractivity contribution in [2.45, 2.75) is 51.6 Å². The fourth-order valence-corrected chi connectivity index (χ4v) is 5.08. The molecule has 1 saturated carbocycles. The molecule has 3 fully saturated rings. The minimum absolute atomic E-state index is 0.110. The highest BCUT2D eigenvalue weighted by Gasteiger charge is 2.57. The number of anilines is 2. The molecule has 3 aliphatic rings. The molecule has 1 aliphatic carbocycles. The van der Waals surface area contributed by atoms with E-state index in [1.165, 1.54) is 7.11 Å². The highest BCUT2D eigenvalue weighted by atomic mass is 28.3. The van der Waals surface area contributed by atoms with Crippen LogP contribution in [0.15, 0.2) is 0 Å². The van der Waals surface area contributed by atoms with Crippen molar-refractivity contribution in [2.75, 3.05) is 36.5 Å². The highest BCUT2D eigenvalue weighted by molar-refractivity contribution is 6.83. The van der Waals surface area contributed by atoms with Crippen molar-refractivity contribution in [1.82, 2.24) is 9.97 Å². The van der Waals surface area contributed by atoms with Crippen LogP contribution in [0.4, 0.5) is 24.9 Å². The third-order valence-corrected chi connectivity index (χ3v) is 7.46. The number of carbonyl (C=O) groups is 1. The van der Waals surface area contributed by atoms with Crippen molar-refractivity contribution < 1.29 is 22.7 Å². The maximum atomic E-state index is 14.1. The van der Waals surface area contributed by atoms with Crippen LogP contribution in [0.5, 0.6) is 0 Å². The summed E-state index contributed by atoms with van der Waals surface area (Å²) in [4.78, 5) is 23.9. The Morgan fingerprint density at radius 1 is 1.22 bits per heavy atom. The number of rotatable bonds is 4. The molecular formula is C22H29F3N4O2Si. The van der Waals surface area contributed by atoms with Crippen LogP contribution in [0.3, 0.4) is 0 Å². The van der Waals surface area contributed by atoms with E-state index in [2.05, 4.69) is 21.4 Å². The van der Waals surface area contributed by atoms with Crippen LogP contribution in [0.1, 0.15) is 31.0 Å². The van der Waals surface area contributed by atoms with E-state index in [0.717, 1.165) is 6.42 Å². The molecule has 4 rings (SSSR count). The van der Waals surface area contributed by atoms with Crippen LogP contribution < -0.4 is 9.80 Å². The number of hydrogen-bond donors (Lipinski definition) is 0. The van der Waals surface area contributed by atoms with Gasteiger partial charge in [-0.15, -0.1) is 5.54 Å². The second-order valence-corrected chi connectivity index (χ2v) is 14.8. The smallest absolute Gasteiger partial charge is 0.434 e. The highest BCUT2D eigenvalue weighted by Crippen LogP contribution is 2.55. The van der Waals surface area contributed by atoms with Gasteiger partial charge in [-0.2, -0.15) is 18.2 Å². The zero-order valence-corrected chi connectivity index (χ0v) is 20.1. The van der Waals surface area contributed by atoms with Gasteiger partial charge < -0.3 is 14.5 Å². The third-order valence-electron chi connectivity index (χ3n) is 6.59. The lowest BCUT2D eigenvalue weighted by Gasteiger charge is -2.39. The van der Waals surface area contributed by atoms with Crippen molar-refractivity contribution in [2.24, 2.45) is 17.8 Å². The molecule has 1 aromatic heterocycles. The van der Waals surface area contributed by atoms with Gasteiger partial charge in [0.1, 0.15) is 8.07 Å². The van der Waals surface area contributed by atoms with Gasteiger partial charge >= 0.3 is 12.1 Å². The summed E-state index contributed by atoms with van der Waals surface area (Å²) in [6, 6.07) is 0.110. The Labute approximate surface area is 187 Å². The largest absolute Gasteiger partial charge is 0.469 e. The Bertz CT molecular complexity index is 970. The van der Waals surface area contributed by atoms with Gasteiger partial charge in [-0.05, 0) is 31.1 Å². The zero-order chi connectivity index (χ0) is 23.4. The SMILES string of the molecule is COC(=O)CC1[C@H]2CN(c3nc(N4CC[C@@H]4C)nc(C(F)(F)F)c3C#C[Si](C)(C)C)C[C@@H]12. The Balaban J connectivity index is 1.72. The molecule has 32 heavy (non-hydrogen) atoms. The lowest BCUT2D eigenvalue weighted by molar-refractivity contribution is -0.142. The van der Waals surface area contributed by atoms with Crippen molar-refractivity contribution in [3.05, 3.63) is 11.3 Å². The van der Waals surface area contributed by atoms with E-state index in [9.17, 15) is 18.0 Å². The van der Waals surface area contributed by atoms with Crippen LogP contribution in [0.25, 0.3) is 0 Å². The maximum Gasteiger partial charge on any atom is 0.434 e. The molecule has 1 unspecified atom stereocenters. The molecule has 0 bridgehead atoms. The molecule has 10 heteroatoms. The summed E-state index contributed by atoms with van der Waals surface area (Å²) in [5, 5.41) is 0. The van der Waals surface area contributed by atoms with Gasteiger partial charge in [-0.1, -0.05) is 25.6 Å². The van der Waals surface area contributed by atoms with E-state index < -0.39 is 19.9 Å². The normalized spacial score (nSPS) is 26.8. The second-order valence-electron chi connectivity index (χ2n) is 10.1. The number of halogens is 3. The number of ether oxygens (including phenoxy) is 1. The van der Waals surface area contributed by atoms with Crippen LogP contribution in [0.2, 0.25) is 19.6 Å². The van der Waals surface area contributed by atoms with Crippen LogP contribution in [-0.2, 0) is 15.7 Å². The van der Waals surface area contributed by atoms with E-state index in [1.54, 1.807) is 0 Å². The fourth-order valence-electron chi connectivity index (χ4n) is 4.58. The average molecular weight is 467 g/mol. The molecule has 0 amide bonds. The number of carbonyl (C=O) groups excluding carboxylic acids is 1. The number of alkyl halides is 3. The number of hydrogen-bond acceptors (Lipinski definition) is 6. The Kier molecular flexibility index (Phi) is 5.68. The minimum Gasteiger partial charge on any atom is -0.469 e. The van der Waals surface area contributed by atoms with Crippen LogP contribution >= 0.6 is 0 Å². The van der Waals surface area contributed by atoms with E-state index in [4.69, 9.17) is 4.74 Å². The molecule has 0 N–H and O–H groups in total. The minimum atomic E-state index is -4.62. The lowest BCUT2D eigenvalue weighted by Crippen LogP contribution is -2.47. The predicted molar refractivity (Wildman–Crippen MR) is 118 cm³/mol. The first-order chi connectivity index (χ1) is 14.9. The van der Waals surface area contributed by atoms with Gasteiger partial charge in [0.25, 0.3) is 0 Å². The van der Waals surface area contributed by atoms with Crippen molar-refractivity contribution in [3.63, 3.8) is 0 Å². The molecular weight excluding hydrogens is 437 g/mol. The van der Waals surface area contributed by atoms with Crippen LogP contribution in [0, 0.1) is 29.2 Å². The monoisotopic (exact) mass is 466 g/mol. The second kappa shape index (κ2) is 7.94. The van der Waals surface area contributed by atoms with Gasteiger partial charge in [0.2, 0.25) is 5.95 Å². The first kappa shape index (κ1) is 22.9. The number of methoxy groups -OCH3 is 1. The Hall–Kier alpha value is -2.28. The molecule has 0 spiro atoms. The predicted octanol–water partition coefficient (Wildman–Crippen LogP) is 3.57. The molecule has 2 saturated heterocycles. The first-order valence-corrected chi connectivity index (χ1v) is 14.5. The summed E-state index contributed by atoms with van der Waals surface area (Å²) in [6.45, 7) is 9.71. The molecule has 3 heterocycles. The number of nitrogens with zero attached hydrogens (tertiary/aromatic N) is 4. The summed E-state index contributed by atoms with van der Waals surface area (Å²) in [7, 11) is -0.560. The Morgan fingerprint density at radius 2 is 1.88 bits per heavy atom. The molecule has 2 aliphatic heterocycles. The summed E-state index contributed by atoms with van der Waals surface area (Å²) in [6.07, 6.45) is -3.36. The Morgan fingerprint density at radius 3 is 2.34 bits per heavy atom. The summed E-state index contributed by atoms with van der Waals surface area (Å²) >= 11 is 0. The molecule has 0 aromatic carbocycles. The zero-order valence-electron chi connectivity index (χ0n) is 19.1. The number of piperidine rings is 1. The summed E-state index contributed by atoms with van der Waals surface area (Å²) < 4.78 is 47.0. The van der Waals surface area contributed by atoms with Crippen molar-refractivity contribution in [3.8, 4) is 11.5 Å². The van der Waals surface area contributed by atoms with Crippen molar-refractivity contribution in [1.29, 1.82) is 0 Å². The van der Waals surface area contributed by atoms with E-state index in [0.29, 0.717) is 26.1 Å². The quantitative estimate of drug-likeness (QED) is 0.384. The van der Waals surface area contributed by atoms with E-state index in [-0.39, 0.29) is 47.1 Å². The van der Waals surface area contributed by atoms with Gasteiger partial charge in [0.05, 0.1) is 12.7 Å². The van der Waals surface area contributed by atoms with Gasteiger partial charge in [0.15, 0.2) is 11.5 Å². The van der Waals surface area contributed by atoms with E-state index in [1.807, 2.05) is 36.4 Å². The molecule has 0 radical (unpaired) electrons. The maximum absolute atomic E-state index is 14.1. The van der Waals surface area contributed by atoms with Gasteiger partial charge in [-0.25, -0.2) is 4.98 Å². The topological polar surface area (TPSA) is 58.6 Å². The lowest BCUT2D eigenvalue weighted by atomic mass is 10.1. The fraction of sp³-hybridized carbons (Fsp3) is 0.682. The number of fused-ring (bicyclic) bond motifs is 1. The average Bonchev–Trinajstić information content (AvgIpc) is 3.11. The molecule has 1 aromatic rings. The standard InChI is InChI=1S/C22H29F3N4O2Si/c1-13-6-8-29(13)21-26-19(22(23,24)25)14(7-9-32(3,4)5)20(27-21)28-11-16-15(17(16)12-28)10-18(30)31-2/h13,15-17H,6,8,10-12H2,1-5H3/t13-,15?,16-,17+/m0/s1. The molecule has 174 valence electrons. The summed E-state index contributed by atoms with van der Waals surface area (Å²) in [5.41, 5.74) is 2.00. The van der Waals surface area contributed by atoms with Gasteiger partial charge in [0, 0.05) is 32.1 Å². The first-order valence-electron chi connectivity index (χ1n) is 11.0. The van der Waals surface area contributed by atoms with E-state index >= 15 is 0 Å². The van der Waals surface area contributed by atoms with Crippen LogP contribution in [-0.4, -0.2) is 56.8 Å². The third kappa shape index (κ3) is 4.44. The number of aromatic nitrogens is 2. The number of esters is 1.